The van der Waals surface area contributed by atoms with Crippen LogP contribution in [0.2, 0.25) is 0 Å². The summed E-state index contributed by atoms with van der Waals surface area (Å²) in [6, 6.07) is 14.1. The molecule has 2 aromatic rings. The SMILES string of the molecule is CCCC(c1ccc(N(CC)CC)cc1C)c1ccc(N(CC)CC)cc1C. The van der Waals surface area contributed by atoms with E-state index >= 15 is 0 Å². The van der Waals surface area contributed by atoms with E-state index in [0.717, 1.165) is 26.2 Å². The lowest BCUT2D eigenvalue weighted by Gasteiger charge is -2.27. The van der Waals surface area contributed by atoms with E-state index in [9.17, 15) is 0 Å². The van der Waals surface area contributed by atoms with Gasteiger partial charge in [-0.3, -0.25) is 0 Å². The van der Waals surface area contributed by atoms with E-state index in [4.69, 9.17) is 0 Å². The molecule has 0 radical (unpaired) electrons. The third-order valence-electron chi connectivity index (χ3n) is 6.09. The molecule has 0 unspecified atom stereocenters. The van der Waals surface area contributed by atoms with E-state index in [1.165, 1.54) is 46.5 Å². The summed E-state index contributed by atoms with van der Waals surface area (Å²) in [4.78, 5) is 4.85. The second kappa shape index (κ2) is 10.5. The first-order valence-electron chi connectivity index (χ1n) is 11.2. The summed E-state index contributed by atoms with van der Waals surface area (Å²) < 4.78 is 0. The van der Waals surface area contributed by atoms with Crippen LogP contribution in [-0.2, 0) is 0 Å². The third kappa shape index (κ3) is 4.90. The minimum absolute atomic E-state index is 0.474. The molecule has 154 valence electrons. The smallest absolute Gasteiger partial charge is 0.0368 e. The fraction of sp³-hybridized carbons (Fsp3) is 0.538. The van der Waals surface area contributed by atoms with Crippen molar-refractivity contribution in [3.05, 3.63) is 58.7 Å². The Labute approximate surface area is 173 Å². The van der Waals surface area contributed by atoms with Gasteiger partial charge in [0, 0.05) is 43.5 Å². The topological polar surface area (TPSA) is 6.48 Å². The predicted octanol–water partition coefficient (Wildman–Crippen LogP) is 6.93. The summed E-state index contributed by atoms with van der Waals surface area (Å²) in [5, 5.41) is 0. The first-order chi connectivity index (χ1) is 13.5. The molecule has 2 heteroatoms. The van der Waals surface area contributed by atoms with Crippen molar-refractivity contribution in [3.63, 3.8) is 0 Å². The Bertz CT molecular complexity index is 681. The van der Waals surface area contributed by atoms with Crippen molar-refractivity contribution < 1.29 is 0 Å². The number of nitrogens with zero attached hydrogens (tertiary/aromatic N) is 2. The first kappa shape index (κ1) is 22.3. The quantitative estimate of drug-likeness (QED) is 0.441. The van der Waals surface area contributed by atoms with E-state index in [1.807, 2.05) is 0 Å². The van der Waals surface area contributed by atoms with Crippen molar-refractivity contribution >= 4 is 11.4 Å². The molecule has 0 saturated heterocycles. The maximum absolute atomic E-state index is 2.43. The lowest BCUT2D eigenvalue weighted by atomic mass is 9.83. The van der Waals surface area contributed by atoms with Crippen LogP contribution in [0.25, 0.3) is 0 Å². The van der Waals surface area contributed by atoms with Crippen LogP contribution < -0.4 is 9.80 Å². The highest BCUT2D eigenvalue weighted by Crippen LogP contribution is 2.36. The maximum atomic E-state index is 2.43. The molecule has 0 bridgehead atoms. The Morgan fingerprint density at radius 3 is 1.32 bits per heavy atom. The molecule has 28 heavy (non-hydrogen) atoms. The Morgan fingerprint density at radius 2 is 1.04 bits per heavy atom. The fourth-order valence-corrected chi connectivity index (χ4v) is 4.44. The van der Waals surface area contributed by atoms with Crippen molar-refractivity contribution in [2.45, 2.75) is 67.2 Å². The van der Waals surface area contributed by atoms with Crippen LogP contribution in [0, 0.1) is 13.8 Å². The van der Waals surface area contributed by atoms with Gasteiger partial charge in [-0.15, -0.1) is 0 Å². The molecule has 0 spiro atoms. The molecule has 0 amide bonds. The molecule has 0 fully saturated rings. The van der Waals surface area contributed by atoms with Gasteiger partial charge in [-0.2, -0.15) is 0 Å². The molecule has 0 aliphatic carbocycles. The molecular formula is C26H40N2. The van der Waals surface area contributed by atoms with Crippen molar-refractivity contribution in [1.82, 2.24) is 0 Å². The average Bonchev–Trinajstić information content (AvgIpc) is 2.69. The summed E-state index contributed by atoms with van der Waals surface area (Å²) in [5.41, 5.74) is 8.48. The van der Waals surface area contributed by atoms with Crippen LogP contribution in [0.5, 0.6) is 0 Å². The highest BCUT2D eigenvalue weighted by Gasteiger charge is 2.19. The number of benzene rings is 2. The summed E-state index contributed by atoms with van der Waals surface area (Å²) in [6.45, 7) is 20.0. The number of aryl methyl sites for hydroxylation is 2. The van der Waals surface area contributed by atoms with Gasteiger partial charge in [-0.1, -0.05) is 25.5 Å². The molecular weight excluding hydrogens is 340 g/mol. The zero-order chi connectivity index (χ0) is 20.7. The Morgan fingerprint density at radius 1 is 0.643 bits per heavy atom. The Kier molecular flexibility index (Phi) is 8.41. The van der Waals surface area contributed by atoms with Gasteiger partial charge in [-0.05, 0) is 94.5 Å². The number of anilines is 2. The van der Waals surface area contributed by atoms with Crippen LogP contribution in [0.3, 0.4) is 0 Å². The van der Waals surface area contributed by atoms with Crippen molar-refractivity contribution in [1.29, 1.82) is 0 Å². The van der Waals surface area contributed by atoms with E-state index in [2.05, 4.69) is 94.7 Å². The molecule has 2 nitrogen and oxygen atoms in total. The largest absolute Gasteiger partial charge is 0.372 e. The van der Waals surface area contributed by atoms with Gasteiger partial charge in [-0.25, -0.2) is 0 Å². The zero-order valence-corrected chi connectivity index (χ0v) is 19.2. The molecule has 0 saturated carbocycles. The normalized spacial score (nSPS) is 11.1. The fourth-order valence-electron chi connectivity index (χ4n) is 4.44. The van der Waals surface area contributed by atoms with Crippen LogP contribution in [0.15, 0.2) is 36.4 Å². The molecule has 0 atom stereocenters. The van der Waals surface area contributed by atoms with Gasteiger partial charge in [0.1, 0.15) is 0 Å². The third-order valence-corrected chi connectivity index (χ3v) is 6.09. The van der Waals surface area contributed by atoms with Gasteiger partial charge in [0.15, 0.2) is 0 Å². The minimum atomic E-state index is 0.474. The molecule has 0 heterocycles. The number of hydrogen-bond donors (Lipinski definition) is 0. The Hall–Kier alpha value is -1.96. The van der Waals surface area contributed by atoms with E-state index < -0.39 is 0 Å². The maximum Gasteiger partial charge on any atom is 0.0368 e. The summed E-state index contributed by atoms with van der Waals surface area (Å²) in [5.74, 6) is 0.474. The summed E-state index contributed by atoms with van der Waals surface area (Å²) in [7, 11) is 0. The number of hydrogen-bond acceptors (Lipinski definition) is 2. The van der Waals surface area contributed by atoms with Crippen LogP contribution >= 0.6 is 0 Å². The van der Waals surface area contributed by atoms with Crippen LogP contribution in [0.4, 0.5) is 11.4 Å². The van der Waals surface area contributed by atoms with Crippen molar-refractivity contribution in [2.75, 3.05) is 36.0 Å². The highest BCUT2D eigenvalue weighted by molar-refractivity contribution is 5.56. The second-order valence-corrected chi connectivity index (χ2v) is 7.77. The predicted molar refractivity (Wildman–Crippen MR) is 126 cm³/mol. The van der Waals surface area contributed by atoms with Gasteiger partial charge < -0.3 is 9.80 Å². The zero-order valence-electron chi connectivity index (χ0n) is 19.2. The van der Waals surface area contributed by atoms with Crippen LogP contribution in [-0.4, -0.2) is 26.2 Å². The van der Waals surface area contributed by atoms with Crippen LogP contribution in [0.1, 0.15) is 75.6 Å². The Balaban J connectivity index is 2.43. The highest BCUT2D eigenvalue weighted by atomic mass is 15.1. The monoisotopic (exact) mass is 380 g/mol. The van der Waals surface area contributed by atoms with Crippen molar-refractivity contribution in [3.8, 4) is 0 Å². The van der Waals surface area contributed by atoms with Gasteiger partial charge in [0.2, 0.25) is 0 Å². The second-order valence-electron chi connectivity index (χ2n) is 7.77. The lowest BCUT2D eigenvalue weighted by molar-refractivity contribution is 0.690. The minimum Gasteiger partial charge on any atom is -0.372 e. The average molecular weight is 381 g/mol. The summed E-state index contributed by atoms with van der Waals surface area (Å²) in [6.07, 6.45) is 2.38. The van der Waals surface area contributed by atoms with E-state index in [1.54, 1.807) is 0 Å². The lowest BCUT2D eigenvalue weighted by Crippen LogP contribution is -2.22. The van der Waals surface area contributed by atoms with Gasteiger partial charge in [0.05, 0.1) is 0 Å². The van der Waals surface area contributed by atoms with Gasteiger partial charge >= 0.3 is 0 Å². The number of rotatable bonds is 10. The summed E-state index contributed by atoms with van der Waals surface area (Å²) >= 11 is 0. The molecule has 0 aliphatic rings. The standard InChI is InChI=1S/C26H40N2/c1-8-13-26(24-16-14-22(18-20(24)6)27(9-2)10-3)25-17-15-23(19-21(25)7)28(11-4)12-5/h14-19,26H,8-13H2,1-7H3. The molecule has 0 N–H and O–H groups in total. The molecule has 2 aromatic carbocycles. The molecule has 0 aliphatic heterocycles. The van der Waals surface area contributed by atoms with Gasteiger partial charge in [0.25, 0.3) is 0 Å². The molecule has 0 aromatic heterocycles. The van der Waals surface area contributed by atoms with E-state index in [-0.39, 0.29) is 0 Å². The first-order valence-corrected chi connectivity index (χ1v) is 11.2. The van der Waals surface area contributed by atoms with E-state index in [0.29, 0.717) is 5.92 Å². The van der Waals surface area contributed by atoms with Crippen molar-refractivity contribution in [2.24, 2.45) is 0 Å². The molecule has 2 rings (SSSR count).